The largest absolute Gasteiger partial charge is 0.317 e. The van der Waals surface area contributed by atoms with E-state index in [0.717, 1.165) is 6.42 Å². The van der Waals surface area contributed by atoms with E-state index in [4.69, 9.17) is 0 Å². The molecule has 0 fully saturated rings. The highest BCUT2D eigenvalue weighted by atomic mass is 14.9. The van der Waals surface area contributed by atoms with Gasteiger partial charge in [-0.25, -0.2) is 0 Å². The van der Waals surface area contributed by atoms with Gasteiger partial charge >= 0.3 is 0 Å². The third-order valence-electron chi connectivity index (χ3n) is 4.19. The summed E-state index contributed by atoms with van der Waals surface area (Å²) in [7, 11) is 2.10. The van der Waals surface area contributed by atoms with E-state index in [-0.39, 0.29) is 0 Å². The van der Waals surface area contributed by atoms with Gasteiger partial charge in [0.05, 0.1) is 0 Å². The number of hydrogen-bond acceptors (Lipinski definition) is 1. The molecule has 0 radical (unpaired) electrons. The van der Waals surface area contributed by atoms with E-state index in [1.54, 1.807) is 0 Å². The maximum absolute atomic E-state index is 3.48. The predicted octanol–water partition coefficient (Wildman–Crippen LogP) is 5.30. The standard InChI is InChI=1S/C19H33N/c1-5-6-7-8-9-10-19(20-4)15-17-11-13-18(14-12-17)16(2)3/h11-14,16,19-20H,5-10,15H2,1-4H3. The topological polar surface area (TPSA) is 12.0 Å². The first-order chi connectivity index (χ1) is 9.67. The molecule has 20 heavy (non-hydrogen) atoms. The van der Waals surface area contributed by atoms with E-state index < -0.39 is 0 Å². The second kappa shape index (κ2) is 9.99. The molecule has 0 saturated heterocycles. The Hall–Kier alpha value is -0.820. The number of unbranched alkanes of at least 4 members (excludes halogenated alkanes) is 4. The van der Waals surface area contributed by atoms with Crippen molar-refractivity contribution in [2.45, 2.75) is 77.7 Å². The molecule has 1 N–H and O–H groups in total. The second-order valence-electron chi connectivity index (χ2n) is 6.29. The van der Waals surface area contributed by atoms with E-state index >= 15 is 0 Å². The molecular weight excluding hydrogens is 242 g/mol. The Kier molecular flexibility index (Phi) is 8.60. The lowest BCUT2D eigenvalue weighted by molar-refractivity contribution is 0.482. The molecule has 0 spiro atoms. The van der Waals surface area contributed by atoms with Crippen LogP contribution < -0.4 is 5.32 Å². The van der Waals surface area contributed by atoms with Crippen molar-refractivity contribution < 1.29 is 0 Å². The maximum atomic E-state index is 3.48. The van der Waals surface area contributed by atoms with Crippen LogP contribution in [0.3, 0.4) is 0 Å². The normalized spacial score (nSPS) is 12.8. The summed E-state index contributed by atoms with van der Waals surface area (Å²) in [6, 6.07) is 9.80. The van der Waals surface area contributed by atoms with Crippen LogP contribution in [0.15, 0.2) is 24.3 Å². The summed E-state index contributed by atoms with van der Waals surface area (Å²) in [5.41, 5.74) is 2.90. The van der Waals surface area contributed by atoms with Gasteiger partial charge in [-0.2, -0.15) is 0 Å². The summed E-state index contributed by atoms with van der Waals surface area (Å²) < 4.78 is 0. The summed E-state index contributed by atoms with van der Waals surface area (Å²) >= 11 is 0. The highest BCUT2D eigenvalue weighted by molar-refractivity contribution is 5.25. The quantitative estimate of drug-likeness (QED) is 0.571. The molecule has 0 heterocycles. The monoisotopic (exact) mass is 275 g/mol. The molecule has 0 bridgehead atoms. The number of benzene rings is 1. The van der Waals surface area contributed by atoms with Crippen LogP contribution in [-0.2, 0) is 6.42 Å². The molecule has 0 aliphatic carbocycles. The molecular formula is C19H33N. The molecule has 1 nitrogen and oxygen atoms in total. The summed E-state index contributed by atoms with van der Waals surface area (Å²) in [5, 5.41) is 3.48. The third-order valence-corrected chi connectivity index (χ3v) is 4.19. The fourth-order valence-corrected chi connectivity index (χ4v) is 2.67. The molecule has 0 aliphatic heterocycles. The molecule has 0 aromatic heterocycles. The summed E-state index contributed by atoms with van der Waals surface area (Å²) in [5.74, 6) is 0.628. The second-order valence-corrected chi connectivity index (χ2v) is 6.29. The highest BCUT2D eigenvalue weighted by Crippen LogP contribution is 2.16. The molecule has 1 heteroatoms. The summed E-state index contributed by atoms with van der Waals surface area (Å²) in [4.78, 5) is 0. The van der Waals surface area contributed by atoms with Crippen LogP contribution >= 0.6 is 0 Å². The van der Waals surface area contributed by atoms with Gasteiger partial charge in [0.15, 0.2) is 0 Å². The van der Waals surface area contributed by atoms with Gasteiger partial charge in [0.25, 0.3) is 0 Å². The average Bonchev–Trinajstić information content (AvgIpc) is 2.46. The lowest BCUT2D eigenvalue weighted by Crippen LogP contribution is -2.27. The van der Waals surface area contributed by atoms with Gasteiger partial charge in [0, 0.05) is 6.04 Å². The van der Waals surface area contributed by atoms with E-state index in [2.05, 4.69) is 57.4 Å². The van der Waals surface area contributed by atoms with Crippen molar-refractivity contribution in [3.8, 4) is 0 Å². The Morgan fingerprint density at radius 3 is 2.15 bits per heavy atom. The van der Waals surface area contributed by atoms with E-state index in [1.165, 1.54) is 49.7 Å². The molecule has 1 aromatic rings. The highest BCUT2D eigenvalue weighted by Gasteiger charge is 2.07. The number of nitrogens with one attached hydrogen (secondary N) is 1. The minimum absolute atomic E-state index is 0.626. The van der Waals surface area contributed by atoms with Crippen molar-refractivity contribution in [3.05, 3.63) is 35.4 Å². The third kappa shape index (κ3) is 6.56. The number of hydrogen-bond donors (Lipinski definition) is 1. The smallest absolute Gasteiger partial charge is 0.0104 e. The first-order valence-corrected chi connectivity index (χ1v) is 8.43. The van der Waals surface area contributed by atoms with Crippen molar-refractivity contribution >= 4 is 0 Å². The first kappa shape index (κ1) is 17.2. The molecule has 1 rings (SSSR count). The van der Waals surface area contributed by atoms with E-state index in [1.807, 2.05) is 0 Å². The van der Waals surface area contributed by atoms with Crippen LogP contribution in [0.5, 0.6) is 0 Å². The minimum atomic E-state index is 0.626. The Morgan fingerprint density at radius 1 is 0.950 bits per heavy atom. The Bertz CT molecular complexity index is 339. The van der Waals surface area contributed by atoms with Gasteiger partial charge < -0.3 is 5.32 Å². The molecule has 0 saturated carbocycles. The zero-order chi connectivity index (χ0) is 14.8. The van der Waals surface area contributed by atoms with Gasteiger partial charge in [-0.05, 0) is 36.9 Å². The van der Waals surface area contributed by atoms with Gasteiger partial charge in [-0.3, -0.25) is 0 Å². The van der Waals surface area contributed by atoms with Crippen molar-refractivity contribution in [2.24, 2.45) is 0 Å². The summed E-state index contributed by atoms with van der Waals surface area (Å²) in [6.07, 6.45) is 9.32. The maximum Gasteiger partial charge on any atom is 0.0104 e. The van der Waals surface area contributed by atoms with Crippen LogP contribution in [-0.4, -0.2) is 13.1 Å². The molecule has 1 atom stereocenters. The van der Waals surface area contributed by atoms with E-state index in [9.17, 15) is 0 Å². The van der Waals surface area contributed by atoms with Crippen molar-refractivity contribution in [1.29, 1.82) is 0 Å². The van der Waals surface area contributed by atoms with Crippen LogP contribution in [0, 0.1) is 0 Å². The Balaban J connectivity index is 2.35. The lowest BCUT2D eigenvalue weighted by Gasteiger charge is -2.16. The zero-order valence-corrected chi connectivity index (χ0v) is 13.9. The van der Waals surface area contributed by atoms with E-state index in [0.29, 0.717) is 12.0 Å². The van der Waals surface area contributed by atoms with Crippen LogP contribution in [0.4, 0.5) is 0 Å². The molecule has 1 unspecified atom stereocenters. The minimum Gasteiger partial charge on any atom is -0.317 e. The van der Waals surface area contributed by atoms with Gasteiger partial charge in [0.2, 0.25) is 0 Å². The van der Waals surface area contributed by atoms with Crippen molar-refractivity contribution in [2.75, 3.05) is 7.05 Å². The van der Waals surface area contributed by atoms with Crippen molar-refractivity contribution in [1.82, 2.24) is 5.32 Å². The van der Waals surface area contributed by atoms with Crippen LogP contribution in [0.25, 0.3) is 0 Å². The molecule has 0 amide bonds. The fourth-order valence-electron chi connectivity index (χ4n) is 2.67. The van der Waals surface area contributed by atoms with Gasteiger partial charge in [-0.15, -0.1) is 0 Å². The molecule has 0 aliphatic rings. The first-order valence-electron chi connectivity index (χ1n) is 8.43. The van der Waals surface area contributed by atoms with Crippen LogP contribution in [0.2, 0.25) is 0 Å². The number of rotatable bonds is 10. The fraction of sp³-hybridized carbons (Fsp3) is 0.684. The molecule has 114 valence electrons. The van der Waals surface area contributed by atoms with Gasteiger partial charge in [-0.1, -0.05) is 77.1 Å². The SMILES string of the molecule is CCCCCCCC(Cc1ccc(C(C)C)cc1)NC. The van der Waals surface area contributed by atoms with Gasteiger partial charge in [0.1, 0.15) is 0 Å². The average molecular weight is 275 g/mol. The lowest BCUT2D eigenvalue weighted by atomic mass is 9.97. The predicted molar refractivity (Wildman–Crippen MR) is 90.5 cm³/mol. The Morgan fingerprint density at radius 2 is 1.60 bits per heavy atom. The number of likely N-dealkylation sites (N-methyl/N-ethyl adjacent to an activating group) is 1. The zero-order valence-electron chi connectivity index (χ0n) is 13.9. The Labute approximate surface area is 126 Å². The summed E-state index contributed by atoms with van der Waals surface area (Å²) in [6.45, 7) is 6.78. The van der Waals surface area contributed by atoms with Crippen molar-refractivity contribution in [3.63, 3.8) is 0 Å². The molecule has 1 aromatic carbocycles. The van der Waals surface area contributed by atoms with Crippen LogP contribution in [0.1, 0.15) is 76.3 Å².